The van der Waals surface area contributed by atoms with Crippen LogP contribution in [0.25, 0.3) is 65.7 Å². The Morgan fingerprint density at radius 1 is 0.244 bits per heavy atom. The third kappa shape index (κ3) is 7.14. The molecule has 0 radical (unpaired) electrons. The highest BCUT2D eigenvalue weighted by molar-refractivity contribution is 7.17. The van der Waals surface area contributed by atoms with E-state index < -0.39 is 10.8 Å². The lowest BCUT2D eigenvalue weighted by molar-refractivity contribution is 0.768. The van der Waals surface area contributed by atoms with Crippen molar-refractivity contribution in [3.05, 3.63) is 353 Å². The van der Waals surface area contributed by atoms with E-state index in [4.69, 9.17) is 0 Å². The van der Waals surface area contributed by atoms with E-state index in [1.54, 1.807) is 11.3 Å². The molecule has 15 rings (SSSR count). The first-order chi connectivity index (χ1) is 38.7. The van der Waals surface area contributed by atoms with E-state index in [2.05, 4.69) is 314 Å². The van der Waals surface area contributed by atoms with Crippen molar-refractivity contribution >= 4 is 38.5 Å². The summed E-state index contributed by atoms with van der Waals surface area (Å²) < 4.78 is 1.31. The van der Waals surface area contributed by atoms with Gasteiger partial charge in [0.1, 0.15) is 0 Å². The summed E-state index contributed by atoms with van der Waals surface area (Å²) in [6, 6.07) is 113. The van der Waals surface area contributed by atoms with Crippen molar-refractivity contribution in [2.45, 2.75) is 10.8 Å². The summed E-state index contributed by atoms with van der Waals surface area (Å²) in [6.45, 7) is 0. The van der Waals surface area contributed by atoms with Crippen LogP contribution in [0.4, 0.5) is 17.1 Å². The van der Waals surface area contributed by atoms with Gasteiger partial charge in [-0.3, -0.25) is 0 Å². The van der Waals surface area contributed by atoms with Gasteiger partial charge in [0.25, 0.3) is 0 Å². The van der Waals surface area contributed by atoms with Gasteiger partial charge in [-0.05, 0) is 178 Å². The molecule has 0 saturated carbocycles. The van der Waals surface area contributed by atoms with Gasteiger partial charge in [-0.2, -0.15) is 0 Å². The van der Waals surface area contributed by atoms with Gasteiger partial charge in [-0.15, -0.1) is 11.3 Å². The first-order valence-corrected chi connectivity index (χ1v) is 27.8. The molecule has 2 aliphatic carbocycles. The molecule has 0 N–H and O–H groups in total. The molecule has 12 aromatic carbocycles. The summed E-state index contributed by atoms with van der Waals surface area (Å²) in [4.78, 5) is 2.39. The van der Waals surface area contributed by atoms with Gasteiger partial charge in [-0.25, -0.2) is 0 Å². The predicted octanol–water partition coefficient (Wildman–Crippen LogP) is 20.1. The van der Waals surface area contributed by atoms with Gasteiger partial charge in [-0.1, -0.05) is 237 Å². The van der Waals surface area contributed by atoms with Crippen molar-refractivity contribution in [1.82, 2.24) is 0 Å². The smallest absolute Gasteiger partial charge is 0.0713 e. The van der Waals surface area contributed by atoms with E-state index in [9.17, 15) is 0 Å². The molecule has 13 aromatic rings. The quantitative estimate of drug-likeness (QED) is 0.132. The third-order valence-corrected chi connectivity index (χ3v) is 17.6. The standard InChI is InChI=1S/C76H51NS/c1-5-17-59(18-6-1)75(60-19-7-2-8-20-60)70-27-15-13-25-66(70)68-50-56(35-44-72(68)75)53-31-40-64(41-32-53)77(63-38-29-52(30-39-63)55-37-46-74-58(49-55)47-48-78-74)65-42-33-54(34-43-65)57-36-45-73-69(51-57)67-26-14-16-28-71(67)76(73,61-21-9-3-10-22-61)62-23-11-4-12-24-62/h1-51H. The molecule has 1 heterocycles. The number of thiophene rings is 1. The molecular formula is C76H51NS. The van der Waals surface area contributed by atoms with Gasteiger partial charge >= 0.3 is 0 Å². The molecular weight excluding hydrogens is 959 g/mol. The molecule has 1 aromatic heterocycles. The molecule has 2 aliphatic rings. The first-order valence-electron chi connectivity index (χ1n) is 27.0. The van der Waals surface area contributed by atoms with Crippen LogP contribution < -0.4 is 4.90 Å². The zero-order valence-electron chi connectivity index (χ0n) is 42.8. The Morgan fingerprint density at radius 3 is 0.962 bits per heavy atom. The molecule has 0 unspecified atom stereocenters. The normalized spacial score (nSPS) is 13.3. The summed E-state index contributed by atoms with van der Waals surface area (Å²) >= 11 is 1.79. The molecule has 0 saturated heterocycles. The molecule has 366 valence electrons. The van der Waals surface area contributed by atoms with Gasteiger partial charge < -0.3 is 4.90 Å². The Morgan fingerprint density at radius 2 is 0.564 bits per heavy atom. The molecule has 0 spiro atoms. The Labute approximate surface area is 460 Å². The molecule has 1 nitrogen and oxygen atoms in total. The Bertz CT molecular complexity index is 4030. The zero-order valence-corrected chi connectivity index (χ0v) is 43.6. The molecule has 78 heavy (non-hydrogen) atoms. The molecule has 0 amide bonds. The molecule has 0 fully saturated rings. The van der Waals surface area contributed by atoms with E-state index >= 15 is 0 Å². The maximum absolute atomic E-state index is 2.42. The molecule has 2 heteroatoms. The van der Waals surface area contributed by atoms with Crippen LogP contribution in [0.2, 0.25) is 0 Å². The Kier molecular flexibility index (Phi) is 10.9. The fourth-order valence-corrected chi connectivity index (χ4v) is 14.0. The lowest BCUT2D eigenvalue weighted by Gasteiger charge is -2.33. The minimum Gasteiger partial charge on any atom is -0.311 e. The zero-order chi connectivity index (χ0) is 51.6. The van der Waals surface area contributed by atoms with Gasteiger partial charge in [0.15, 0.2) is 0 Å². The average molecular weight is 1010 g/mol. The highest BCUT2D eigenvalue weighted by Gasteiger charge is 2.47. The highest BCUT2D eigenvalue weighted by atomic mass is 32.1. The maximum Gasteiger partial charge on any atom is 0.0713 e. The number of hydrogen-bond acceptors (Lipinski definition) is 2. The summed E-state index contributed by atoms with van der Waals surface area (Å²) in [7, 11) is 0. The van der Waals surface area contributed by atoms with Crippen molar-refractivity contribution in [2.75, 3.05) is 4.90 Å². The van der Waals surface area contributed by atoms with Crippen LogP contribution >= 0.6 is 11.3 Å². The second kappa shape index (κ2) is 18.6. The fourth-order valence-electron chi connectivity index (χ4n) is 13.3. The number of nitrogens with zero attached hydrogens (tertiary/aromatic N) is 1. The summed E-state index contributed by atoms with van der Waals surface area (Å²) in [5.74, 6) is 0. The Balaban J connectivity index is 0.811. The van der Waals surface area contributed by atoms with Crippen LogP contribution in [0.15, 0.2) is 309 Å². The van der Waals surface area contributed by atoms with E-state index in [-0.39, 0.29) is 0 Å². The number of anilines is 3. The van der Waals surface area contributed by atoms with Crippen molar-refractivity contribution in [3.8, 4) is 55.6 Å². The highest BCUT2D eigenvalue weighted by Crippen LogP contribution is 2.58. The largest absolute Gasteiger partial charge is 0.311 e. The lowest BCUT2D eigenvalue weighted by Crippen LogP contribution is -2.28. The van der Waals surface area contributed by atoms with Crippen molar-refractivity contribution in [2.24, 2.45) is 0 Å². The van der Waals surface area contributed by atoms with Crippen LogP contribution in [0, 0.1) is 0 Å². The Hall–Kier alpha value is -9.60. The van der Waals surface area contributed by atoms with Crippen molar-refractivity contribution in [1.29, 1.82) is 0 Å². The number of benzene rings is 12. The van der Waals surface area contributed by atoms with E-state index in [1.807, 2.05) is 0 Å². The predicted molar refractivity (Wildman–Crippen MR) is 327 cm³/mol. The van der Waals surface area contributed by atoms with Crippen LogP contribution in [-0.4, -0.2) is 0 Å². The van der Waals surface area contributed by atoms with Crippen LogP contribution in [-0.2, 0) is 10.8 Å². The van der Waals surface area contributed by atoms with E-state index in [1.165, 1.54) is 110 Å². The van der Waals surface area contributed by atoms with Gasteiger partial charge in [0.05, 0.1) is 10.8 Å². The fraction of sp³-hybridized carbons (Fsp3) is 0.0263. The van der Waals surface area contributed by atoms with Crippen molar-refractivity contribution < 1.29 is 0 Å². The number of rotatable bonds is 10. The third-order valence-electron chi connectivity index (χ3n) is 16.7. The molecule has 0 aliphatic heterocycles. The van der Waals surface area contributed by atoms with Gasteiger partial charge in [0, 0.05) is 21.8 Å². The number of fused-ring (bicyclic) bond motifs is 7. The lowest BCUT2D eigenvalue weighted by atomic mass is 9.67. The SMILES string of the molecule is c1ccc(C2(c3ccccc3)c3ccccc3-c3cc(-c4ccc(N(c5ccc(-c6ccc7c(c6)-c6ccccc6C7(c6ccccc6)c6ccccc6)cc5)c5ccc(-c6ccc7sccc7c6)cc5)cc4)ccc32)cc1. The minimum absolute atomic E-state index is 0.429. The minimum atomic E-state index is -0.429. The van der Waals surface area contributed by atoms with Crippen molar-refractivity contribution in [3.63, 3.8) is 0 Å². The van der Waals surface area contributed by atoms with Gasteiger partial charge in [0.2, 0.25) is 0 Å². The van der Waals surface area contributed by atoms with E-state index in [0.29, 0.717) is 0 Å². The van der Waals surface area contributed by atoms with Crippen LogP contribution in [0.5, 0.6) is 0 Å². The van der Waals surface area contributed by atoms with E-state index in [0.717, 1.165) is 17.1 Å². The summed E-state index contributed by atoms with van der Waals surface area (Å²) in [5, 5.41) is 3.45. The second-order valence-corrected chi connectivity index (χ2v) is 21.7. The summed E-state index contributed by atoms with van der Waals surface area (Å²) in [6.07, 6.45) is 0. The molecule has 0 bridgehead atoms. The van der Waals surface area contributed by atoms with Crippen LogP contribution in [0.1, 0.15) is 44.5 Å². The second-order valence-electron chi connectivity index (χ2n) is 20.7. The van der Waals surface area contributed by atoms with Crippen LogP contribution in [0.3, 0.4) is 0 Å². The topological polar surface area (TPSA) is 3.24 Å². The maximum atomic E-state index is 2.42. The first kappa shape index (κ1) is 45.8. The molecule has 0 atom stereocenters. The monoisotopic (exact) mass is 1010 g/mol. The average Bonchev–Trinajstić information content (AvgIpc) is 3.97. The number of hydrogen-bond donors (Lipinski definition) is 0. The summed E-state index contributed by atoms with van der Waals surface area (Å²) in [5.41, 5.74) is 25.0.